The molecule has 3 N–H and O–H groups in total. The van der Waals surface area contributed by atoms with Gasteiger partial charge in [0, 0.05) is 31.3 Å². The van der Waals surface area contributed by atoms with Crippen LogP contribution in [0.25, 0.3) is 0 Å². The predicted octanol–water partition coefficient (Wildman–Crippen LogP) is 3.07. The zero-order chi connectivity index (χ0) is 23.8. The van der Waals surface area contributed by atoms with Gasteiger partial charge >= 0.3 is 5.97 Å². The number of nitrogens with one attached hydrogen (secondary N) is 1. The van der Waals surface area contributed by atoms with Crippen molar-refractivity contribution in [1.82, 2.24) is 10.2 Å². The summed E-state index contributed by atoms with van der Waals surface area (Å²) >= 11 is 0. The zero-order valence-corrected chi connectivity index (χ0v) is 20.5. The molecule has 34 heavy (non-hydrogen) atoms. The largest absolute Gasteiger partial charge is 0.504 e. The standard InChI is InChI=1S/C27H38N2O5/c1-15(2)12-19(25(31)32)28-18-8-9-27(33-3)21-13-17-6-7-20(30)23-22(17)26(27,24(18)34-23)10-11-29(21)14-16-4-5-16/h6-7,15-16,18-19,21,24,28,30H,4-5,8-14H2,1-3H3,(H,31,32)/t18-,19+,21?,24+,26+,27-/m1/s1. The molecule has 1 saturated heterocycles. The average molecular weight is 471 g/mol. The van der Waals surface area contributed by atoms with Gasteiger partial charge in [0.2, 0.25) is 0 Å². The van der Waals surface area contributed by atoms with Crippen LogP contribution < -0.4 is 10.1 Å². The third-order valence-electron chi connectivity index (χ3n) is 9.51. The summed E-state index contributed by atoms with van der Waals surface area (Å²) in [5, 5.41) is 24.3. The molecule has 2 saturated carbocycles. The second-order valence-electron chi connectivity index (χ2n) is 11.8. The van der Waals surface area contributed by atoms with Gasteiger partial charge in [-0.25, -0.2) is 0 Å². The Labute approximate surface area is 201 Å². The first-order valence-electron chi connectivity index (χ1n) is 13.1. The van der Waals surface area contributed by atoms with Gasteiger partial charge in [-0.05, 0) is 75.0 Å². The lowest BCUT2D eigenvalue weighted by Gasteiger charge is -2.65. The second-order valence-corrected chi connectivity index (χ2v) is 11.8. The lowest BCUT2D eigenvalue weighted by molar-refractivity contribution is -0.208. The maximum Gasteiger partial charge on any atom is 0.320 e. The summed E-state index contributed by atoms with van der Waals surface area (Å²) in [5.41, 5.74) is 1.60. The number of benzene rings is 1. The van der Waals surface area contributed by atoms with Gasteiger partial charge in [0.1, 0.15) is 12.1 Å². The lowest BCUT2D eigenvalue weighted by atomic mass is 9.48. The fraction of sp³-hybridized carbons (Fsp3) is 0.741. The van der Waals surface area contributed by atoms with Crippen LogP contribution in [0.2, 0.25) is 0 Å². The van der Waals surface area contributed by atoms with Crippen molar-refractivity contribution in [3.63, 3.8) is 0 Å². The summed E-state index contributed by atoms with van der Waals surface area (Å²) in [4.78, 5) is 14.8. The Morgan fingerprint density at radius 3 is 2.76 bits per heavy atom. The van der Waals surface area contributed by atoms with Crippen LogP contribution in [0.3, 0.4) is 0 Å². The highest BCUT2D eigenvalue weighted by Crippen LogP contribution is 2.66. The van der Waals surface area contributed by atoms with Crippen molar-refractivity contribution in [3.8, 4) is 11.5 Å². The van der Waals surface area contributed by atoms with E-state index in [4.69, 9.17) is 9.47 Å². The van der Waals surface area contributed by atoms with Crippen LogP contribution in [-0.4, -0.2) is 71.1 Å². The summed E-state index contributed by atoms with van der Waals surface area (Å²) in [7, 11) is 1.85. The van der Waals surface area contributed by atoms with Crippen molar-refractivity contribution in [2.45, 2.75) is 94.0 Å². The van der Waals surface area contributed by atoms with Crippen molar-refractivity contribution >= 4 is 5.97 Å². The SMILES string of the molecule is CO[C@@]12CC[C@@H](N[C@@H](CC(C)C)C(=O)O)[C@@H]3Oc4c(O)ccc5c4[C@@]31CCN(CC1CC1)C2C5. The average Bonchev–Trinajstić information content (AvgIpc) is 3.54. The van der Waals surface area contributed by atoms with Crippen LogP contribution >= 0.6 is 0 Å². The highest BCUT2D eigenvalue weighted by molar-refractivity contribution is 5.73. The third-order valence-corrected chi connectivity index (χ3v) is 9.51. The number of likely N-dealkylation sites (tertiary alicyclic amines) is 1. The number of ether oxygens (including phenoxy) is 2. The quantitative estimate of drug-likeness (QED) is 0.538. The number of aliphatic carboxylic acids is 1. The number of carboxylic acids is 1. The smallest absolute Gasteiger partial charge is 0.320 e. The Kier molecular flexibility index (Phi) is 5.21. The molecule has 0 radical (unpaired) electrons. The van der Waals surface area contributed by atoms with E-state index in [-0.39, 0.29) is 35.3 Å². The molecule has 3 aliphatic carbocycles. The molecule has 2 heterocycles. The number of hydrogen-bond acceptors (Lipinski definition) is 6. The van der Waals surface area contributed by atoms with Crippen LogP contribution in [-0.2, 0) is 21.4 Å². The number of aromatic hydroxyl groups is 1. The number of rotatable bonds is 8. The Bertz CT molecular complexity index is 993. The number of piperidine rings is 1. The van der Waals surface area contributed by atoms with Gasteiger partial charge in [-0.3, -0.25) is 15.0 Å². The third kappa shape index (κ3) is 3.02. The van der Waals surface area contributed by atoms with Crippen LogP contribution in [0.1, 0.15) is 63.5 Å². The highest BCUT2D eigenvalue weighted by atomic mass is 16.5. The molecular weight excluding hydrogens is 432 g/mol. The molecule has 7 nitrogen and oxygen atoms in total. The number of phenolic OH excluding ortho intramolecular Hbond substituents is 1. The highest BCUT2D eigenvalue weighted by Gasteiger charge is 2.74. The molecule has 186 valence electrons. The van der Waals surface area contributed by atoms with E-state index in [2.05, 4.69) is 30.1 Å². The normalized spacial score (nSPS) is 36.8. The van der Waals surface area contributed by atoms with Crippen LogP contribution in [0.5, 0.6) is 11.5 Å². The van der Waals surface area contributed by atoms with Gasteiger partial charge in [0.25, 0.3) is 0 Å². The minimum absolute atomic E-state index is 0.114. The van der Waals surface area contributed by atoms with Gasteiger partial charge in [-0.1, -0.05) is 19.9 Å². The van der Waals surface area contributed by atoms with Crippen molar-refractivity contribution in [1.29, 1.82) is 0 Å². The van der Waals surface area contributed by atoms with Gasteiger partial charge in [0.15, 0.2) is 11.5 Å². The maximum absolute atomic E-state index is 12.1. The monoisotopic (exact) mass is 470 g/mol. The Hall–Kier alpha value is -1.83. The summed E-state index contributed by atoms with van der Waals surface area (Å²) in [6, 6.07) is 3.38. The molecule has 0 aromatic heterocycles. The van der Waals surface area contributed by atoms with Gasteiger partial charge in [-0.15, -0.1) is 0 Å². The summed E-state index contributed by atoms with van der Waals surface area (Å²) < 4.78 is 13.3. The summed E-state index contributed by atoms with van der Waals surface area (Å²) in [6.07, 6.45) is 6.42. The van der Waals surface area contributed by atoms with Gasteiger partial charge in [-0.2, -0.15) is 0 Å². The number of nitrogens with zero attached hydrogens (tertiary/aromatic N) is 1. The van der Waals surface area contributed by atoms with E-state index in [0.29, 0.717) is 12.2 Å². The molecule has 3 fully saturated rings. The molecule has 1 aromatic carbocycles. The van der Waals surface area contributed by atoms with Crippen molar-refractivity contribution in [2.75, 3.05) is 20.2 Å². The van der Waals surface area contributed by atoms with E-state index < -0.39 is 17.6 Å². The lowest BCUT2D eigenvalue weighted by Crippen LogP contribution is -2.79. The number of phenols is 1. The molecule has 5 aliphatic rings. The van der Waals surface area contributed by atoms with Crippen molar-refractivity contribution in [2.24, 2.45) is 11.8 Å². The van der Waals surface area contributed by atoms with Crippen LogP contribution in [0.15, 0.2) is 12.1 Å². The zero-order valence-electron chi connectivity index (χ0n) is 20.5. The van der Waals surface area contributed by atoms with Gasteiger partial charge < -0.3 is 19.7 Å². The molecule has 0 amide bonds. The number of methoxy groups -OCH3 is 1. The Morgan fingerprint density at radius 2 is 2.09 bits per heavy atom. The van der Waals surface area contributed by atoms with Crippen LogP contribution in [0.4, 0.5) is 0 Å². The van der Waals surface area contributed by atoms with Crippen molar-refractivity contribution in [3.05, 3.63) is 23.3 Å². The van der Waals surface area contributed by atoms with E-state index in [1.54, 1.807) is 6.07 Å². The Balaban J connectivity index is 1.44. The summed E-state index contributed by atoms with van der Waals surface area (Å²) in [6.45, 7) is 6.23. The van der Waals surface area contributed by atoms with Crippen molar-refractivity contribution < 1.29 is 24.5 Å². The molecule has 6 rings (SSSR count). The molecule has 1 aromatic rings. The second kappa shape index (κ2) is 7.84. The van der Waals surface area contributed by atoms with E-state index in [0.717, 1.165) is 50.3 Å². The molecule has 1 unspecified atom stereocenters. The molecule has 6 atom stereocenters. The fourth-order valence-corrected chi connectivity index (χ4v) is 8.01. The van der Waals surface area contributed by atoms with E-state index in [1.807, 2.05) is 7.11 Å². The van der Waals surface area contributed by atoms with E-state index >= 15 is 0 Å². The minimum atomic E-state index is -0.811. The summed E-state index contributed by atoms with van der Waals surface area (Å²) in [5.74, 6) is 1.05. The first-order chi connectivity index (χ1) is 16.3. The van der Waals surface area contributed by atoms with E-state index in [1.165, 1.54) is 18.4 Å². The topological polar surface area (TPSA) is 91.3 Å². The van der Waals surface area contributed by atoms with Crippen LogP contribution in [0, 0.1) is 11.8 Å². The van der Waals surface area contributed by atoms with E-state index in [9.17, 15) is 15.0 Å². The maximum atomic E-state index is 12.1. The molecule has 7 heteroatoms. The number of carbonyl (C=O) groups is 1. The fourth-order valence-electron chi connectivity index (χ4n) is 8.01. The molecular formula is C27H38N2O5. The first-order valence-corrected chi connectivity index (χ1v) is 13.1. The molecule has 2 bridgehead atoms. The van der Waals surface area contributed by atoms with Gasteiger partial charge in [0.05, 0.1) is 11.0 Å². The Morgan fingerprint density at radius 1 is 1.29 bits per heavy atom. The number of hydrogen-bond donors (Lipinski definition) is 3. The first kappa shape index (κ1) is 22.6. The molecule has 1 spiro atoms. The molecule has 2 aliphatic heterocycles. The minimum Gasteiger partial charge on any atom is -0.504 e. The number of carboxylic acid groups (broad SMARTS) is 1. The predicted molar refractivity (Wildman–Crippen MR) is 127 cm³/mol.